The molecule has 0 unspecified atom stereocenters. The summed E-state index contributed by atoms with van der Waals surface area (Å²) in [7, 11) is 0. The molecule has 1 aliphatic rings. The molecule has 6 heteroatoms. The fraction of sp³-hybridized carbons (Fsp3) is 0.346. The van der Waals surface area contributed by atoms with Crippen LogP contribution >= 0.6 is 0 Å². The van der Waals surface area contributed by atoms with Crippen molar-refractivity contribution in [2.45, 2.75) is 51.6 Å². The zero-order chi connectivity index (χ0) is 22.9. The summed E-state index contributed by atoms with van der Waals surface area (Å²) in [5.41, 5.74) is 3.54. The predicted molar refractivity (Wildman–Crippen MR) is 126 cm³/mol. The Morgan fingerprint density at radius 1 is 1.12 bits per heavy atom. The molecule has 1 aliphatic heterocycles. The third kappa shape index (κ3) is 5.92. The lowest BCUT2D eigenvalue weighted by Gasteiger charge is -2.31. The van der Waals surface area contributed by atoms with Crippen LogP contribution in [0.5, 0.6) is 0 Å². The number of carbonyl (C=O) groups is 2. The molecular weight excluding hydrogens is 404 g/mol. The highest BCUT2D eigenvalue weighted by Gasteiger charge is 2.24. The molecule has 2 aromatic rings. The number of aliphatic hydroxyl groups is 1. The summed E-state index contributed by atoms with van der Waals surface area (Å²) in [5, 5.41) is 19.5. The monoisotopic (exact) mass is 434 g/mol. The predicted octanol–water partition coefficient (Wildman–Crippen LogP) is 4.68. The number of aliphatic imine (C=N–C) groups is 1. The van der Waals surface area contributed by atoms with Crippen LogP contribution in [0.2, 0.25) is 0 Å². The van der Waals surface area contributed by atoms with E-state index in [0.29, 0.717) is 24.9 Å². The summed E-state index contributed by atoms with van der Waals surface area (Å²) in [4.78, 5) is 30.6. The van der Waals surface area contributed by atoms with E-state index in [4.69, 9.17) is 0 Å². The van der Waals surface area contributed by atoms with Crippen molar-refractivity contribution in [1.29, 1.82) is 0 Å². The van der Waals surface area contributed by atoms with Crippen LogP contribution in [0.15, 0.2) is 65.3 Å². The maximum atomic E-state index is 13.0. The molecule has 1 heterocycles. The number of rotatable bonds is 11. The van der Waals surface area contributed by atoms with E-state index in [1.54, 1.807) is 23.1 Å². The second-order valence-corrected chi connectivity index (χ2v) is 7.96. The Hall–Kier alpha value is -3.25. The zero-order valence-corrected chi connectivity index (χ0v) is 18.4. The molecule has 2 aromatic carbocycles. The Balaban J connectivity index is 1.81. The first-order valence-electron chi connectivity index (χ1n) is 11.1. The van der Waals surface area contributed by atoms with Gasteiger partial charge >= 0.3 is 5.97 Å². The number of nitrogens with zero attached hydrogens (tertiary/aromatic N) is 2. The van der Waals surface area contributed by atoms with Gasteiger partial charge in [0, 0.05) is 37.7 Å². The van der Waals surface area contributed by atoms with E-state index in [0.717, 1.165) is 36.1 Å². The minimum Gasteiger partial charge on any atom is -0.478 e. The summed E-state index contributed by atoms with van der Waals surface area (Å²) in [6.45, 7) is 2.30. The van der Waals surface area contributed by atoms with Crippen LogP contribution in [0, 0.1) is 0 Å². The smallest absolute Gasteiger partial charge is 0.336 e. The first-order chi connectivity index (χ1) is 15.5. The van der Waals surface area contributed by atoms with E-state index in [-0.39, 0.29) is 24.1 Å². The fourth-order valence-electron chi connectivity index (χ4n) is 3.86. The quantitative estimate of drug-likeness (QED) is 0.537. The molecule has 168 valence electrons. The van der Waals surface area contributed by atoms with Gasteiger partial charge in [-0.1, -0.05) is 61.9 Å². The van der Waals surface area contributed by atoms with Crippen molar-refractivity contribution in [3.63, 3.8) is 0 Å². The lowest BCUT2D eigenvalue weighted by molar-refractivity contribution is -0.135. The van der Waals surface area contributed by atoms with E-state index < -0.39 is 5.97 Å². The number of allylic oxidation sites excluding steroid dienone is 1. The normalized spacial score (nSPS) is 13.6. The number of hydrogen-bond acceptors (Lipinski definition) is 4. The topological polar surface area (TPSA) is 90.2 Å². The van der Waals surface area contributed by atoms with Crippen molar-refractivity contribution in [3.8, 4) is 11.1 Å². The number of carbonyl (C=O) groups excluding carboxylic acids is 1. The maximum Gasteiger partial charge on any atom is 0.336 e. The second kappa shape index (κ2) is 11.4. The van der Waals surface area contributed by atoms with Gasteiger partial charge in [-0.3, -0.25) is 9.79 Å². The van der Waals surface area contributed by atoms with Gasteiger partial charge < -0.3 is 15.1 Å². The first kappa shape index (κ1) is 23.4. The average Bonchev–Trinajstić information content (AvgIpc) is 3.33. The van der Waals surface area contributed by atoms with Crippen molar-refractivity contribution >= 4 is 18.1 Å². The summed E-state index contributed by atoms with van der Waals surface area (Å²) in [6, 6.07) is 14.1. The van der Waals surface area contributed by atoms with Crippen molar-refractivity contribution < 1.29 is 19.8 Å². The van der Waals surface area contributed by atoms with E-state index >= 15 is 0 Å². The van der Waals surface area contributed by atoms with Gasteiger partial charge in [-0.25, -0.2) is 4.79 Å². The molecule has 0 saturated carbocycles. The van der Waals surface area contributed by atoms with Crippen LogP contribution in [0.1, 0.15) is 54.9 Å². The molecule has 0 aromatic heterocycles. The third-order valence-electron chi connectivity index (χ3n) is 5.65. The van der Waals surface area contributed by atoms with Gasteiger partial charge in [0.25, 0.3) is 0 Å². The van der Waals surface area contributed by atoms with Crippen molar-refractivity contribution in [2.24, 2.45) is 4.99 Å². The number of benzene rings is 2. The number of carboxylic acids is 1. The lowest BCUT2D eigenvalue weighted by Crippen LogP contribution is -2.42. The Kier molecular flexibility index (Phi) is 8.34. The molecule has 0 saturated heterocycles. The summed E-state index contributed by atoms with van der Waals surface area (Å²) < 4.78 is 0. The number of aliphatic hydroxyl groups excluding tert-OH is 1. The van der Waals surface area contributed by atoms with Gasteiger partial charge in [-0.2, -0.15) is 0 Å². The highest BCUT2D eigenvalue weighted by atomic mass is 16.4. The molecule has 0 fully saturated rings. The molecular formula is C26H30N2O4. The SMILES string of the molecule is CCCCC(=O)N(Cc1ccc(-c2ccccc2C(=O)O)cc1)[C@H](CO)CC1=CCC=N1. The standard InChI is InChI=1S/C26H30N2O4/c1-2-3-10-25(30)28(22(18-29)16-21-7-6-15-27-21)17-19-11-13-20(14-12-19)23-8-4-5-9-24(23)26(31)32/h4-5,7-9,11-15,22,29H,2-3,6,10,16-18H2,1H3,(H,31,32)/t22-/m0/s1. The van der Waals surface area contributed by atoms with Crippen LogP contribution in [-0.2, 0) is 11.3 Å². The molecule has 1 amide bonds. The largest absolute Gasteiger partial charge is 0.478 e. The highest BCUT2D eigenvalue weighted by Crippen LogP contribution is 2.25. The summed E-state index contributed by atoms with van der Waals surface area (Å²) in [6.07, 6.45) is 7.34. The molecule has 1 atom stereocenters. The minimum absolute atomic E-state index is 0.0220. The van der Waals surface area contributed by atoms with E-state index in [9.17, 15) is 19.8 Å². The molecule has 0 spiro atoms. The van der Waals surface area contributed by atoms with E-state index in [1.807, 2.05) is 49.5 Å². The van der Waals surface area contributed by atoms with Gasteiger partial charge in [0.05, 0.1) is 18.2 Å². The molecule has 0 aliphatic carbocycles. The molecule has 0 bridgehead atoms. The van der Waals surface area contributed by atoms with Gasteiger partial charge in [-0.15, -0.1) is 0 Å². The number of aromatic carboxylic acids is 1. The van der Waals surface area contributed by atoms with Crippen molar-refractivity contribution in [2.75, 3.05) is 6.61 Å². The average molecular weight is 435 g/mol. The molecule has 2 N–H and O–H groups in total. The summed E-state index contributed by atoms with van der Waals surface area (Å²) in [5.74, 6) is -0.944. The molecule has 3 rings (SSSR count). The number of unbranched alkanes of at least 4 members (excludes halogenated alkanes) is 1. The van der Waals surface area contributed by atoms with Crippen LogP contribution < -0.4 is 0 Å². The Labute approximate surface area is 188 Å². The van der Waals surface area contributed by atoms with E-state index in [1.165, 1.54) is 0 Å². The number of hydrogen-bond donors (Lipinski definition) is 2. The second-order valence-electron chi connectivity index (χ2n) is 7.96. The number of amides is 1. The number of carboxylic acid groups (broad SMARTS) is 1. The van der Waals surface area contributed by atoms with Crippen molar-refractivity contribution in [1.82, 2.24) is 4.90 Å². The Morgan fingerprint density at radius 3 is 2.50 bits per heavy atom. The molecule has 32 heavy (non-hydrogen) atoms. The van der Waals surface area contributed by atoms with Crippen LogP contribution in [0.3, 0.4) is 0 Å². The van der Waals surface area contributed by atoms with Crippen LogP contribution in [0.4, 0.5) is 0 Å². The first-order valence-corrected chi connectivity index (χ1v) is 11.1. The molecule has 6 nitrogen and oxygen atoms in total. The van der Waals surface area contributed by atoms with Gasteiger partial charge in [0.1, 0.15) is 0 Å². The zero-order valence-electron chi connectivity index (χ0n) is 18.4. The van der Waals surface area contributed by atoms with E-state index in [2.05, 4.69) is 4.99 Å². The van der Waals surface area contributed by atoms with Crippen molar-refractivity contribution in [3.05, 3.63) is 71.4 Å². The minimum atomic E-state index is -0.966. The lowest BCUT2D eigenvalue weighted by atomic mass is 9.98. The van der Waals surface area contributed by atoms with Gasteiger partial charge in [-0.05, 0) is 29.2 Å². The maximum absolute atomic E-state index is 13.0. The van der Waals surface area contributed by atoms with Crippen LogP contribution in [-0.4, -0.2) is 45.9 Å². The molecule has 0 radical (unpaired) electrons. The Morgan fingerprint density at radius 2 is 1.88 bits per heavy atom. The fourth-order valence-corrected chi connectivity index (χ4v) is 3.86. The summed E-state index contributed by atoms with van der Waals surface area (Å²) >= 11 is 0. The van der Waals surface area contributed by atoms with Gasteiger partial charge in [0.15, 0.2) is 0 Å². The van der Waals surface area contributed by atoms with Gasteiger partial charge in [0.2, 0.25) is 5.91 Å². The third-order valence-corrected chi connectivity index (χ3v) is 5.65. The van der Waals surface area contributed by atoms with Crippen LogP contribution in [0.25, 0.3) is 11.1 Å². The highest BCUT2D eigenvalue weighted by molar-refractivity contribution is 5.96. The Bertz CT molecular complexity index is 995.